The van der Waals surface area contributed by atoms with E-state index >= 15 is 0 Å². The zero-order valence-corrected chi connectivity index (χ0v) is 8.06. The Bertz CT molecular complexity index is 479. The minimum Gasteiger partial charge on any atom is -0.431 e. The summed E-state index contributed by atoms with van der Waals surface area (Å²) in [6.07, 6.45) is -3.48. The van der Waals surface area contributed by atoms with Gasteiger partial charge in [0.2, 0.25) is 11.5 Å². The van der Waals surface area contributed by atoms with Crippen LogP contribution >= 0.6 is 15.9 Å². The third-order valence-electron chi connectivity index (χ3n) is 1.50. The van der Waals surface area contributed by atoms with Gasteiger partial charge in [0.25, 0.3) is 0 Å². The zero-order chi connectivity index (χ0) is 10.3. The molecule has 7 heteroatoms. The second kappa shape index (κ2) is 2.94. The van der Waals surface area contributed by atoms with Crippen molar-refractivity contribution in [3.8, 4) is 0 Å². The van der Waals surface area contributed by atoms with E-state index in [0.29, 0.717) is 10.1 Å². The first-order valence-electron chi connectivity index (χ1n) is 3.46. The molecule has 14 heavy (non-hydrogen) atoms. The Labute approximate surface area is 84.1 Å². The predicted octanol–water partition coefficient (Wildman–Crippen LogP) is 3.00. The Balaban J connectivity index is 2.62. The molecule has 0 atom stereocenters. The van der Waals surface area contributed by atoms with Crippen LogP contribution < -0.4 is 0 Å². The summed E-state index contributed by atoms with van der Waals surface area (Å²) < 4.78 is 41.6. The number of hydrogen-bond acceptors (Lipinski definition) is 3. The lowest BCUT2D eigenvalue weighted by atomic mass is 10.4. The van der Waals surface area contributed by atoms with E-state index in [9.17, 15) is 13.2 Å². The van der Waals surface area contributed by atoms with Crippen LogP contribution in [0.25, 0.3) is 11.1 Å². The number of fused-ring (bicyclic) bond motifs is 1. The lowest BCUT2D eigenvalue weighted by Gasteiger charge is -2.02. The van der Waals surface area contributed by atoms with Crippen molar-refractivity contribution in [2.45, 2.75) is 6.18 Å². The summed E-state index contributed by atoms with van der Waals surface area (Å²) in [5.41, 5.74) is -0.0841. The van der Waals surface area contributed by atoms with Gasteiger partial charge in [-0.05, 0) is 15.9 Å². The number of rotatable bonds is 0. The molecule has 74 valence electrons. The summed E-state index contributed by atoms with van der Waals surface area (Å²) in [7, 11) is 0. The molecule has 0 aliphatic heterocycles. The van der Waals surface area contributed by atoms with Crippen LogP contribution in [0.2, 0.25) is 0 Å². The van der Waals surface area contributed by atoms with E-state index in [1.165, 1.54) is 6.07 Å². The van der Waals surface area contributed by atoms with Crippen molar-refractivity contribution in [2.75, 3.05) is 0 Å². The van der Waals surface area contributed by atoms with Gasteiger partial charge in [0.15, 0.2) is 4.67 Å². The van der Waals surface area contributed by atoms with E-state index in [1.807, 2.05) is 0 Å². The third-order valence-corrected chi connectivity index (χ3v) is 1.89. The van der Waals surface area contributed by atoms with Gasteiger partial charge in [0.05, 0.1) is 5.39 Å². The molecule has 2 aromatic rings. The number of halogens is 4. The van der Waals surface area contributed by atoms with Gasteiger partial charge in [-0.3, -0.25) is 0 Å². The van der Waals surface area contributed by atoms with Crippen LogP contribution in [0.15, 0.2) is 21.3 Å². The standard InChI is InChI=1S/C7H2BrF3N2O/c8-4-1-3-2-12-6(7(9,10)11)13-5(3)14-4/h1-2H. The molecule has 0 fully saturated rings. The monoisotopic (exact) mass is 266 g/mol. The van der Waals surface area contributed by atoms with E-state index in [1.54, 1.807) is 0 Å². The molecular formula is C7H2BrF3N2O. The largest absolute Gasteiger partial charge is 0.451 e. The van der Waals surface area contributed by atoms with Crippen molar-refractivity contribution in [3.63, 3.8) is 0 Å². The van der Waals surface area contributed by atoms with Gasteiger partial charge in [0.1, 0.15) is 0 Å². The van der Waals surface area contributed by atoms with Crippen molar-refractivity contribution >= 4 is 27.0 Å². The summed E-state index contributed by atoms with van der Waals surface area (Å²) in [6, 6.07) is 1.50. The Kier molecular flexibility index (Phi) is 1.99. The molecule has 0 radical (unpaired) electrons. The van der Waals surface area contributed by atoms with Crippen LogP contribution in [-0.2, 0) is 6.18 Å². The lowest BCUT2D eigenvalue weighted by molar-refractivity contribution is -0.144. The molecule has 0 aromatic carbocycles. The van der Waals surface area contributed by atoms with Crippen LogP contribution in [0, 0.1) is 0 Å². The van der Waals surface area contributed by atoms with Crippen molar-refractivity contribution in [3.05, 3.63) is 22.8 Å². The van der Waals surface area contributed by atoms with Gasteiger partial charge in [-0.2, -0.15) is 18.2 Å². The summed E-state index contributed by atoms with van der Waals surface area (Å²) >= 11 is 2.98. The van der Waals surface area contributed by atoms with Crippen LogP contribution in [0.4, 0.5) is 13.2 Å². The number of hydrogen-bond donors (Lipinski definition) is 0. The maximum absolute atomic E-state index is 12.1. The number of alkyl halides is 3. The fraction of sp³-hybridized carbons (Fsp3) is 0.143. The summed E-state index contributed by atoms with van der Waals surface area (Å²) in [5, 5.41) is 0.421. The number of furan rings is 1. The molecule has 0 bridgehead atoms. The molecule has 0 saturated carbocycles. The van der Waals surface area contributed by atoms with E-state index in [2.05, 4.69) is 25.9 Å². The molecule has 0 spiro atoms. The molecule has 2 heterocycles. The average molecular weight is 267 g/mol. The zero-order valence-electron chi connectivity index (χ0n) is 6.47. The fourth-order valence-electron chi connectivity index (χ4n) is 0.937. The molecule has 2 aromatic heterocycles. The quantitative estimate of drug-likeness (QED) is 0.736. The summed E-state index contributed by atoms with van der Waals surface area (Å²) in [5.74, 6) is -1.20. The molecule has 0 saturated heterocycles. The first-order valence-corrected chi connectivity index (χ1v) is 4.25. The molecule has 0 N–H and O–H groups in total. The highest BCUT2D eigenvalue weighted by Gasteiger charge is 2.35. The topological polar surface area (TPSA) is 38.9 Å². The first kappa shape index (κ1) is 9.45. The minimum absolute atomic E-state index is 0.0841. The van der Waals surface area contributed by atoms with Crippen molar-refractivity contribution < 1.29 is 17.6 Å². The van der Waals surface area contributed by atoms with E-state index in [0.717, 1.165) is 6.20 Å². The van der Waals surface area contributed by atoms with Gasteiger partial charge in [-0.25, -0.2) is 4.98 Å². The Morgan fingerprint density at radius 1 is 1.36 bits per heavy atom. The van der Waals surface area contributed by atoms with E-state index in [4.69, 9.17) is 4.42 Å². The molecule has 0 amide bonds. The minimum atomic E-state index is -4.55. The Morgan fingerprint density at radius 2 is 2.07 bits per heavy atom. The van der Waals surface area contributed by atoms with Gasteiger partial charge in [-0.1, -0.05) is 0 Å². The highest BCUT2D eigenvalue weighted by atomic mass is 79.9. The van der Waals surface area contributed by atoms with Gasteiger partial charge in [0, 0.05) is 12.3 Å². The van der Waals surface area contributed by atoms with Crippen LogP contribution in [0.1, 0.15) is 5.82 Å². The predicted molar refractivity (Wildman–Crippen MR) is 44.5 cm³/mol. The third kappa shape index (κ3) is 1.59. The summed E-state index contributed by atoms with van der Waals surface area (Å²) in [6.45, 7) is 0. The van der Waals surface area contributed by atoms with Gasteiger partial charge in [-0.15, -0.1) is 0 Å². The lowest BCUT2D eigenvalue weighted by Crippen LogP contribution is -2.10. The Morgan fingerprint density at radius 3 is 2.71 bits per heavy atom. The van der Waals surface area contributed by atoms with Crippen molar-refractivity contribution in [1.29, 1.82) is 0 Å². The molecule has 0 aliphatic carbocycles. The van der Waals surface area contributed by atoms with E-state index in [-0.39, 0.29) is 5.71 Å². The van der Waals surface area contributed by atoms with Gasteiger partial charge < -0.3 is 4.42 Å². The van der Waals surface area contributed by atoms with Gasteiger partial charge >= 0.3 is 6.18 Å². The molecule has 0 unspecified atom stereocenters. The average Bonchev–Trinajstić information content (AvgIpc) is 2.41. The second-order valence-electron chi connectivity index (χ2n) is 2.50. The maximum atomic E-state index is 12.1. The maximum Gasteiger partial charge on any atom is 0.451 e. The first-order chi connectivity index (χ1) is 6.47. The number of aromatic nitrogens is 2. The SMILES string of the molecule is FC(F)(F)c1ncc2cc(Br)oc2n1. The molecule has 0 aliphatic rings. The van der Waals surface area contributed by atoms with E-state index < -0.39 is 12.0 Å². The smallest absolute Gasteiger partial charge is 0.431 e. The highest BCUT2D eigenvalue weighted by molar-refractivity contribution is 9.10. The van der Waals surface area contributed by atoms with Crippen molar-refractivity contribution in [1.82, 2.24) is 9.97 Å². The van der Waals surface area contributed by atoms with Crippen molar-refractivity contribution in [2.24, 2.45) is 0 Å². The second-order valence-corrected chi connectivity index (χ2v) is 3.28. The normalized spacial score (nSPS) is 12.3. The summed E-state index contributed by atoms with van der Waals surface area (Å²) in [4.78, 5) is 6.41. The molecular weight excluding hydrogens is 265 g/mol. The fourth-order valence-corrected chi connectivity index (χ4v) is 1.34. The Hall–Kier alpha value is -1.11. The molecule has 2 rings (SSSR count). The van der Waals surface area contributed by atoms with Crippen LogP contribution in [0.5, 0.6) is 0 Å². The van der Waals surface area contributed by atoms with Crippen LogP contribution in [0.3, 0.4) is 0 Å². The highest BCUT2D eigenvalue weighted by Crippen LogP contribution is 2.28. The van der Waals surface area contributed by atoms with Crippen LogP contribution in [-0.4, -0.2) is 9.97 Å². The number of nitrogens with zero attached hydrogens (tertiary/aromatic N) is 2. The molecule has 3 nitrogen and oxygen atoms in total.